The molecule has 2 aromatic rings. The highest BCUT2D eigenvalue weighted by Gasteiger charge is 2.35. The number of nitrogens with zero attached hydrogens (tertiary/aromatic N) is 2. The molecule has 2 heterocycles. The van der Waals surface area contributed by atoms with Crippen molar-refractivity contribution in [1.29, 1.82) is 0 Å². The maximum Gasteiger partial charge on any atom is 0.265 e. The minimum atomic E-state index is -3.78. The van der Waals surface area contributed by atoms with Crippen LogP contribution in [0.15, 0.2) is 40.7 Å². The Kier molecular flexibility index (Phi) is 5.01. The van der Waals surface area contributed by atoms with Gasteiger partial charge in [-0.3, -0.25) is 13.7 Å². The first-order valence-corrected chi connectivity index (χ1v) is 11.6. The van der Waals surface area contributed by atoms with Crippen LogP contribution in [0.5, 0.6) is 0 Å². The molecule has 1 aliphatic rings. The summed E-state index contributed by atoms with van der Waals surface area (Å²) in [6.45, 7) is 0.280. The second-order valence-corrected chi connectivity index (χ2v) is 9.68. The minimum Gasteiger partial charge on any atom is -0.310 e. The van der Waals surface area contributed by atoms with Crippen molar-refractivity contribution in [3.63, 3.8) is 0 Å². The third-order valence-electron chi connectivity index (χ3n) is 3.56. The van der Waals surface area contributed by atoms with Gasteiger partial charge in [0.25, 0.3) is 26.0 Å². The predicted molar refractivity (Wildman–Crippen MR) is 96.1 cm³/mol. The van der Waals surface area contributed by atoms with E-state index in [1.807, 2.05) is 0 Å². The van der Waals surface area contributed by atoms with Gasteiger partial charge < -0.3 is 4.90 Å². The molecule has 3 rings (SSSR count). The normalized spacial score (nSPS) is 18.3. The van der Waals surface area contributed by atoms with Crippen molar-refractivity contribution in [3.05, 3.63) is 35.8 Å². The molecule has 1 aromatic carbocycles. The van der Waals surface area contributed by atoms with E-state index >= 15 is 0 Å². The lowest BCUT2D eigenvalue weighted by molar-refractivity contribution is -0.122. The van der Waals surface area contributed by atoms with Gasteiger partial charge in [-0.1, -0.05) is 0 Å². The molecule has 140 valence electrons. The van der Waals surface area contributed by atoms with Crippen LogP contribution in [0.1, 0.15) is 6.42 Å². The molecular weight excluding hydrogens is 402 g/mol. The Morgan fingerprint density at radius 1 is 1.23 bits per heavy atom. The van der Waals surface area contributed by atoms with Gasteiger partial charge in [0.15, 0.2) is 11.2 Å². The van der Waals surface area contributed by atoms with Gasteiger partial charge in [-0.05, 0) is 24.3 Å². The number of carbonyl (C=O) groups excluding carboxylic acids is 1. The van der Waals surface area contributed by atoms with Gasteiger partial charge in [0.2, 0.25) is 0 Å². The number of hydrogen-bond donors (Lipinski definition) is 1. The highest BCUT2D eigenvalue weighted by Crippen LogP contribution is 2.26. The summed E-state index contributed by atoms with van der Waals surface area (Å²) in [7, 11) is -7.52. The number of nitrogens with one attached hydrogen (secondary N) is 1. The first-order valence-electron chi connectivity index (χ1n) is 7.38. The molecule has 26 heavy (non-hydrogen) atoms. The van der Waals surface area contributed by atoms with E-state index < -0.39 is 32.2 Å². The number of aromatic nitrogens is 1. The van der Waals surface area contributed by atoms with E-state index in [2.05, 4.69) is 9.71 Å². The first-order chi connectivity index (χ1) is 12.2. The predicted octanol–water partition coefficient (Wildman–Crippen LogP) is 1.03. The van der Waals surface area contributed by atoms with Crippen molar-refractivity contribution in [2.24, 2.45) is 0 Å². The molecule has 9 nitrogen and oxygen atoms in total. The van der Waals surface area contributed by atoms with Crippen molar-refractivity contribution in [1.82, 2.24) is 4.98 Å². The minimum absolute atomic E-state index is 0.0204. The summed E-state index contributed by atoms with van der Waals surface area (Å²) in [5, 5.41) is 1.90. The van der Waals surface area contributed by atoms with E-state index in [1.54, 1.807) is 5.38 Å². The number of anilines is 2. The molecule has 1 saturated heterocycles. The fourth-order valence-corrected chi connectivity index (χ4v) is 4.85. The quantitative estimate of drug-likeness (QED) is 0.696. The van der Waals surface area contributed by atoms with E-state index in [0.29, 0.717) is 5.69 Å². The van der Waals surface area contributed by atoms with Crippen molar-refractivity contribution in [3.8, 4) is 0 Å². The Hall–Kier alpha value is -2.02. The molecule has 0 spiro atoms. The van der Waals surface area contributed by atoms with E-state index in [0.717, 1.165) is 17.6 Å². The Balaban J connectivity index is 1.75. The van der Waals surface area contributed by atoms with Crippen LogP contribution < -0.4 is 9.62 Å². The molecule has 1 amide bonds. The third-order valence-corrected chi connectivity index (χ3v) is 6.31. The lowest BCUT2D eigenvalue weighted by Crippen LogP contribution is -2.31. The van der Waals surface area contributed by atoms with Crippen LogP contribution in [-0.2, 0) is 29.1 Å². The Labute approximate surface area is 154 Å². The summed E-state index contributed by atoms with van der Waals surface area (Å²) in [6.07, 6.45) is 1.55. The molecule has 12 heteroatoms. The van der Waals surface area contributed by atoms with Gasteiger partial charge in [0.05, 0.1) is 11.2 Å². The molecule has 1 fully saturated rings. The van der Waals surface area contributed by atoms with Gasteiger partial charge in [-0.15, -0.1) is 11.3 Å². The SMILES string of the molecule is CS(=O)(=O)O[C@@H]1CCN(c2ccc(S(=O)(=O)Nc3nccs3)cc2)C1=O. The molecule has 0 radical (unpaired) electrons. The zero-order chi connectivity index (χ0) is 18.9. The van der Waals surface area contributed by atoms with Gasteiger partial charge in [-0.2, -0.15) is 8.42 Å². The standard InChI is InChI=1S/C14H15N3O6S3/c1-25(19,20)23-12-6-8-17(13(12)18)10-2-4-11(5-3-10)26(21,22)16-14-15-7-9-24-14/h2-5,7,9,12H,6,8H2,1H3,(H,15,16)/t12-/m1/s1. The molecule has 0 aliphatic carbocycles. The summed E-state index contributed by atoms with van der Waals surface area (Å²) in [4.78, 5) is 17.5. The van der Waals surface area contributed by atoms with Crippen LogP contribution in [0.2, 0.25) is 0 Å². The molecule has 0 unspecified atom stereocenters. The van der Waals surface area contributed by atoms with Crippen molar-refractivity contribution < 1.29 is 25.8 Å². The highest BCUT2D eigenvalue weighted by molar-refractivity contribution is 7.93. The van der Waals surface area contributed by atoms with Gasteiger partial charge in [-0.25, -0.2) is 13.4 Å². The molecule has 0 bridgehead atoms. The average Bonchev–Trinajstić information content (AvgIpc) is 3.17. The molecule has 1 N–H and O–H groups in total. The van der Waals surface area contributed by atoms with Crippen molar-refractivity contribution in [2.45, 2.75) is 17.4 Å². The number of rotatable bonds is 6. The van der Waals surface area contributed by atoms with E-state index in [1.165, 1.54) is 35.4 Å². The molecule has 1 aromatic heterocycles. The summed E-state index contributed by atoms with van der Waals surface area (Å²) < 4.78 is 54.1. The number of carbonyl (C=O) groups is 1. The molecule has 1 aliphatic heterocycles. The Morgan fingerprint density at radius 3 is 2.50 bits per heavy atom. The zero-order valence-electron chi connectivity index (χ0n) is 13.5. The van der Waals surface area contributed by atoms with Crippen molar-refractivity contribution in [2.75, 3.05) is 22.4 Å². The topological polar surface area (TPSA) is 123 Å². The van der Waals surface area contributed by atoms with Crippen LogP contribution in [0.4, 0.5) is 10.8 Å². The summed E-state index contributed by atoms with van der Waals surface area (Å²) in [5.41, 5.74) is 0.461. The van der Waals surface area contributed by atoms with Gasteiger partial charge in [0, 0.05) is 30.2 Å². The number of amides is 1. The Bertz CT molecular complexity index is 1000. The second-order valence-electron chi connectivity index (χ2n) is 5.50. The van der Waals surface area contributed by atoms with Crippen LogP contribution in [0.25, 0.3) is 0 Å². The van der Waals surface area contributed by atoms with Crippen LogP contribution in [0.3, 0.4) is 0 Å². The smallest absolute Gasteiger partial charge is 0.265 e. The maximum absolute atomic E-state index is 12.3. The van der Waals surface area contributed by atoms with Crippen LogP contribution in [-0.4, -0.2) is 46.6 Å². The molecule has 1 atom stereocenters. The third kappa shape index (κ3) is 4.20. The molecule has 0 saturated carbocycles. The van der Waals surface area contributed by atoms with E-state index in [9.17, 15) is 21.6 Å². The summed E-state index contributed by atoms with van der Waals surface area (Å²) in [6, 6.07) is 5.70. The van der Waals surface area contributed by atoms with Crippen LogP contribution in [0, 0.1) is 0 Å². The van der Waals surface area contributed by atoms with Crippen molar-refractivity contribution >= 4 is 48.2 Å². The zero-order valence-corrected chi connectivity index (χ0v) is 16.0. The monoisotopic (exact) mass is 417 g/mol. The molecular formula is C14H15N3O6S3. The Morgan fingerprint density at radius 2 is 1.92 bits per heavy atom. The number of benzene rings is 1. The largest absolute Gasteiger partial charge is 0.310 e. The lowest BCUT2D eigenvalue weighted by atomic mass is 10.3. The first kappa shape index (κ1) is 18.8. The fraction of sp³-hybridized carbons (Fsp3) is 0.286. The van der Waals surface area contributed by atoms with Gasteiger partial charge >= 0.3 is 0 Å². The van der Waals surface area contributed by atoms with E-state index in [4.69, 9.17) is 4.18 Å². The maximum atomic E-state index is 12.3. The lowest BCUT2D eigenvalue weighted by Gasteiger charge is -2.17. The van der Waals surface area contributed by atoms with Gasteiger partial charge in [0.1, 0.15) is 0 Å². The van der Waals surface area contributed by atoms with E-state index in [-0.39, 0.29) is 23.0 Å². The average molecular weight is 417 g/mol. The fourth-order valence-electron chi connectivity index (χ4n) is 2.46. The number of hydrogen-bond acceptors (Lipinski definition) is 8. The number of sulfonamides is 1. The second kappa shape index (κ2) is 6.95. The summed E-state index contributed by atoms with van der Waals surface area (Å²) >= 11 is 1.16. The van der Waals surface area contributed by atoms with Crippen LogP contribution >= 0.6 is 11.3 Å². The number of thiazole rings is 1. The summed E-state index contributed by atoms with van der Waals surface area (Å²) in [5.74, 6) is -0.480. The highest BCUT2D eigenvalue weighted by atomic mass is 32.2.